The first-order valence-corrected chi connectivity index (χ1v) is 6.80. The first-order chi connectivity index (χ1) is 10.1. The first kappa shape index (κ1) is 15.3. The van der Waals surface area contributed by atoms with Crippen molar-refractivity contribution in [2.24, 2.45) is 0 Å². The predicted octanol–water partition coefficient (Wildman–Crippen LogP) is 3.35. The van der Waals surface area contributed by atoms with Crippen LogP contribution in [0, 0.1) is 5.82 Å². The van der Waals surface area contributed by atoms with Gasteiger partial charge in [0.1, 0.15) is 11.6 Å². The smallest absolute Gasteiger partial charge is 0.224 e. The summed E-state index contributed by atoms with van der Waals surface area (Å²) >= 11 is 6.00. The molecule has 0 radical (unpaired) electrons. The number of benzene rings is 2. The van der Waals surface area contributed by atoms with Gasteiger partial charge >= 0.3 is 0 Å². The third-order valence-electron chi connectivity index (χ3n) is 3.01. The number of amides is 1. The van der Waals surface area contributed by atoms with E-state index in [-0.39, 0.29) is 24.7 Å². The Hall–Kier alpha value is -2.07. The fourth-order valence-electron chi connectivity index (χ4n) is 1.90. The molecule has 0 aliphatic carbocycles. The Morgan fingerprint density at radius 2 is 2.05 bits per heavy atom. The van der Waals surface area contributed by atoms with Crippen LogP contribution in [0.3, 0.4) is 0 Å². The Labute approximate surface area is 127 Å². The molecular formula is C16H15ClFNO2. The molecule has 0 aromatic heterocycles. The molecule has 0 aliphatic rings. The van der Waals surface area contributed by atoms with Crippen LogP contribution in [0.5, 0.6) is 5.75 Å². The van der Waals surface area contributed by atoms with Crippen LogP contribution in [0.15, 0.2) is 42.5 Å². The number of rotatable bonds is 5. The second kappa shape index (κ2) is 7.09. The summed E-state index contributed by atoms with van der Waals surface area (Å²) in [5.74, 6) is 0.0389. The van der Waals surface area contributed by atoms with E-state index in [1.807, 2.05) is 0 Å². The average molecular weight is 308 g/mol. The highest BCUT2D eigenvalue weighted by molar-refractivity contribution is 6.32. The Morgan fingerprint density at radius 3 is 2.71 bits per heavy atom. The van der Waals surface area contributed by atoms with Gasteiger partial charge in [-0.15, -0.1) is 0 Å². The summed E-state index contributed by atoms with van der Waals surface area (Å²) in [6.07, 6.45) is 0.179. The molecule has 0 saturated carbocycles. The molecule has 2 aromatic rings. The van der Waals surface area contributed by atoms with Crippen LogP contribution >= 0.6 is 11.6 Å². The van der Waals surface area contributed by atoms with Gasteiger partial charge in [-0.25, -0.2) is 4.39 Å². The highest BCUT2D eigenvalue weighted by Crippen LogP contribution is 2.25. The summed E-state index contributed by atoms with van der Waals surface area (Å²) in [4.78, 5) is 11.9. The number of hydrogen-bond donors (Lipinski definition) is 1. The predicted molar refractivity (Wildman–Crippen MR) is 80.0 cm³/mol. The van der Waals surface area contributed by atoms with Gasteiger partial charge in [0.15, 0.2) is 0 Å². The Bertz CT molecular complexity index is 646. The number of hydrogen-bond acceptors (Lipinski definition) is 2. The van der Waals surface area contributed by atoms with E-state index in [2.05, 4.69) is 5.32 Å². The maximum Gasteiger partial charge on any atom is 0.224 e. The quantitative estimate of drug-likeness (QED) is 0.920. The molecule has 1 amide bonds. The number of nitrogens with one attached hydrogen (secondary N) is 1. The van der Waals surface area contributed by atoms with Gasteiger partial charge in [0.2, 0.25) is 5.91 Å². The van der Waals surface area contributed by atoms with Crippen LogP contribution in [0.2, 0.25) is 5.02 Å². The van der Waals surface area contributed by atoms with E-state index >= 15 is 0 Å². The molecule has 5 heteroatoms. The Kier molecular flexibility index (Phi) is 5.17. The molecule has 0 saturated heterocycles. The third-order valence-corrected chi connectivity index (χ3v) is 3.31. The standard InChI is InChI=1S/C16H15ClFNO2/c1-21-15-7-6-11(8-13(15)17)9-16(20)19-10-12-4-2-3-5-14(12)18/h2-8H,9-10H2,1H3,(H,19,20). The Morgan fingerprint density at radius 1 is 1.29 bits per heavy atom. The second-order valence-corrected chi connectivity index (χ2v) is 4.92. The molecule has 21 heavy (non-hydrogen) atoms. The van der Waals surface area contributed by atoms with Gasteiger partial charge in [-0.1, -0.05) is 35.9 Å². The lowest BCUT2D eigenvalue weighted by Crippen LogP contribution is -2.25. The lowest BCUT2D eigenvalue weighted by molar-refractivity contribution is -0.120. The lowest BCUT2D eigenvalue weighted by Gasteiger charge is -2.08. The largest absolute Gasteiger partial charge is 0.495 e. The zero-order valence-corrected chi connectivity index (χ0v) is 12.3. The first-order valence-electron chi connectivity index (χ1n) is 6.42. The molecule has 0 spiro atoms. The van der Waals surface area contributed by atoms with Crippen molar-refractivity contribution in [1.82, 2.24) is 5.32 Å². The summed E-state index contributed by atoms with van der Waals surface area (Å²) in [5.41, 5.74) is 1.23. The zero-order chi connectivity index (χ0) is 15.2. The van der Waals surface area contributed by atoms with Crippen molar-refractivity contribution in [3.8, 4) is 5.75 Å². The highest BCUT2D eigenvalue weighted by Gasteiger charge is 2.08. The van der Waals surface area contributed by atoms with Gasteiger partial charge in [-0.3, -0.25) is 4.79 Å². The number of halogens is 2. The van der Waals surface area contributed by atoms with Gasteiger partial charge in [0, 0.05) is 12.1 Å². The molecule has 110 valence electrons. The number of ether oxygens (including phenoxy) is 1. The van der Waals surface area contributed by atoms with Gasteiger partial charge in [-0.05, 0) is 23.8 Å². The maximum atomic E-state index is 13.4. The molecule has 2 rings (SSSR count). The van der Waals surface area contributed by atoms with E-state index in [0.29, 0.717) is 16.3 Å². The minimum Gasteiger partial charge on any atom is -0.495 e. The SMILES string of the molecule is COc1ccc(CC(=O)NCc2ccccc2F)cc1Cl. The maximum absolute atomic E-state index is 13.4. The third kappa shape index (κ3) is 4.20. The van der Waals surface area contributed by atoms with Gasteiger partial charge in [0.05, 0.1) is 18.6 Å². The number of carbonyl (C=O) groups is 1. The van der Waals surface area contributed by atoms with Crippen molar-refractivity contribution in [2.75, 3.05) is 7.11 Å². The molecule has 0 fully saturated rings. The molecule has 2 aromatic carbocycles. The number of carbonyl (C=O) groups excluding carboxylic acids is 1. The van der Waals surface area contributed by atoms with Crippen LogP contribution in [-0.4, -0.2) is 13.0 Å². The van der Waals surface area contributed by atoms with Crippen LogP contribution < -0.4 is 10.1 Å². The van der Waals surface area contributed by atoms with Crippen molar-refractivity contribution in [3.63, 3.8) is 0 Å². The average Bonchev–Trinajstić information content (AvgIpc) is 2.46. The Balaban J connectivity index is 1.93. The van der Waals surface area contributed by atoms with Crippen molar-refractivity contribution in [1.29, 1.82) is 0 Å². The van der Waals surface area contributed by atoms with E-state index in [0.717, 1.165) is 5.56 Å². The van der Waals surface area contributed by atoms with E-state index < -0.39 is 0 Å². The lowest BCUT2D eigenvalue weighted by atomic mass is 10.1. The highest BCUT2D eigenvalue weighted by atomic mass is 35.5. The van der Waals surface area contributed by atoms with Crippen LogP contribution in [0.1, 0.15) is 11.1 Å². The van der Waals surface area contributed by atoms with Gasteiger partial charge in [0.25, 0.3) is 0 Å². The van der Waals surface area contributed by atoms with Crippen molar-refractivity contribution in [3.05, 3.63) is 64.4 Å². The fourth-order valence-corrected chi connectivity index (χ4v) is 2.18. The van der Waals surface area contributed by atoms with Crippen LogP contribution in [0.4, 0.5) is 4.39 Å². The second-order valence-electron chi connectivity index (χ2n) is 4.51. The molecular weight excluding hydrogens is 293 g/mol. The van der Waals surface area contributed by atoms with Crippen LogP contribution in [0.25, 0.3) is 0 Å². The minimum atomic E-state index is -0.328. The van der Waals surface area contributed by atoms with Gasteiger partial charge < -0.3 is 10.1 Å². The molecule has 0 bridgehead atoms. The summed E-state index contributed by atoms with van der Waals surface area (Å²) < 4.78 is 18.5. The van der Waals surface area contributed by atoms with E-state index in [1.165, 1.54) is 13.2 Å². The molecule has 0 unspecified atom stereocenters. The van der Waals surface area contributed by atoms with Crippen LogP contribution in [-0.2, 0) is 17.8 Å². The molecule has 0 heterocycles. The van der Waals surface area contributed by atoms with Gasteiger partial charge in [-0.2, -0.15) is 0 Å². The van der Waals surface area contributed by atoms with Crippen molar-refractivity contribution in [2.45, 2.75) is 13.0 Å². The van der Waals surface area contributed by atoms with Crippen molar-refractivity contribution < 1.29 is 13.9 Å². The summed E-state index contributed by atoms with van der Waals surface area (Å²) in [7, 11) is 1.53. The summed E-state index contributed by atoms with van der Waals surface area (Å²) in [5, 5.41) is 3.14. The summed E-state index contributed by atoms with van der Waals surface area (Å²) in [6.45, 7) is 0.162. The van der Waals surface area contributed by atoms with E-state index in [9.17, 15) is 9.18 Å². The topological polar surface area (TPSA) is 38.3 Å². The number of methoxy groups -OCH3 is 1. The van der Waals surface area contributed by atoms with Crippen molar-refractivity contribution >= 4 is 17.5 Å². The molecule has 1 N–H and O–H groups in total. The molecule has 3 nitrogen and oxygen atoms in total. The summed E-state index contributed by atoms with van der Waals surface area (Å²) in [6, 6.07) is 11.5. The monoisotopic (exact) mass is 307 g/mol. The minimum absolute atomic E-state index is 0.162. The van der Waals surface area contributed by atoms with E-state index in [4.69, 9.17) is 16.3 Å². The zero-order valence-electron chi connectivity index (χ0n) is 11.5. The molecule has 0 aliphatic heterocycles. The normalized spacial score (nSPS) is 10.2. The fraction of sp³-hybridized carbons (Fsp3) is 0.188. The molecule has 0 atom stereocenters. The van der Waals surface area contributed by atoms with E-state index in [1.54, 1.807) is 36.4 Å².